The summed E-state index contributed by atoms with van der Waals surface area (Å²) >= 11 is 0. The van der Waals surface area contributed by atoms with Gasteiger partial charge in [0.05, 0.1) is 23.0 Å². The number of carbonyl (C=O) groups excluding carboxylic acids is 1. The molecule has 0 saturated heterocycles. The van der Waals surface area contributed by atoms with Crippen LogP contribution in [0.5, 0.6) is 0 Å². The van der Waals surface area contributed by atoms with Crippen LogP contribution in [0, 0.1) is 5.82 Å². The van der Waals surface area contributed by atoms with Crippen molar-refractivity contribution in [1.29, 1.82) is 0 Å². The summed E-state index contributed by atoms with van der Waals surface area (Å²) in [5, 5.41) is 2.90. The van der Waals surface area contributed by atoms with Crippen molar-refractivity contribution in [2.75, 3.05) is 0 Å². The summed E-state index contributed by atoms with van der Waals surface area (Å²) in [6.45, 7) is 5.39. The van der Waals surface area contributed by atoms with E-state index in [1.807, 2.05) is 24.3 Å². The number of benzene rings is 1. The third kappa shape index (κ3) is 5.59. The molecule has 1 saturated carbocycles. The van der Waals surface area contributed by atoms with Crippen molar-refractivity contribution in [3.8, 4) is 16.9 Å². The van der Waals surface area contributed by atoms with Crippen LogP contribution < -0.4 is 16.6 Å². The van der Waals surface area contributed by atoms with E-state index in [1.165, 1.54) is 9.13 Å². The molecule has 1 N–H and O–H groups in total. The molecule has 1 aliphatic carbocycles. The first-order valence-electron chi connectivity index (χ1n) is 12.9. The zero-order valence-electron chi connectivity index (χ0n) is 22.1. The molecule has 4 aromatic rings. The highest BCUT2D eigenvalue weighted by atomic mass is 19.1. The van der Waals surface area contributed by atoms with Gasteiger partial charge in [0, 0.05) is 23.8 Å². The minimum absolute atomic E-state index is 0.0202. The van der Waals surface area contributed by atoms with Crippen LogP contribution in [0.25, 0.3) is 28.0 Å². The molecule has 0 atom stereocenters. The summed E-state index contributed by atoms with van der Waals surface area (Å²) in [5.41, 5.74) is 0.335. The molecule has 5 rings (SSSR count). The van der Waals surface area contributed by atoms with Crippen LogP contribution >= 0.6 is 0 Å². The van der Waals surface area contributed by atoms with E-state index in [2.05, 4.69) is 15.3 Å². The van der Waals surface area contributed by atoms with Crippen LogP contribution in [-0.2, 0) is 4.74 Å². The maximum atomic E-state index is 14.2. The second kappa shape index (κ2) is 10.4. The van der Waals surface area contributed by atoms with Crippen LogP contribution in [0.4, 0.5) is 9.18 Å². The molecule has 0 radical (unpaired) electrons. The second-order valence-electron chi connectivity index (χ2n) is 10.7. The second-order valence-corrected chi connectivity index (χ2v) is 10.7. The van der Waals surface area contributed by atoms with Gasteiger partial charge in [-0.25, -0.2) is 23.5 Å². The summed E-state index contributed by atoms with van der Waals surface area (Å²) in [5.74, 6) is -0.663. The van der Waals surface area contributed by atoms with Gasteiger partial charge in [-0.05, 0) is 76.8 Å². The van der Waals surface area contributed by atoms with Gasteiger partial charge < -0.3 is 10.1 Å². The predicted octanol–water partition coefficient (Wildman–Crippen LogP) is 4.76. The number of carbonyl (C=O) groups is 1. The lowest BCUT2D eigenvalue weighted by molar-refractivity contribution is 0.0487. The molecule has 1 aliphatic rings. The van der Waals surface area contributed by atoms with Crippen LogP contribution in [0.2, 0.25) is 0 Å². The molecule has 0 bridgehead atoms. The highest BCUT2D eigenvalue weighted by molar-refractivity contribution is 5.76. The van der Waals surface area contributed by atoms with Gasteiger partial charge in [0.2, 0.25) is 0 Å². The predicted molar refractivity (Wildman–Crippen MR) is 145 cm³/mol. The SMILES string of the molecule is CC(C)(C)OC(=O)N[C@H]1CC[C@@H](n2c(=O)c3cc(F)cnc3n(-c3cccc(-c4ccccn4)c3)c2=O)CC1. The molecule has 10 heteroatoms. The van der Waals surface area contributed by atoms with E-state index < -0.39 is 34.8 Å². The summed E-state index contributed by atoms with van der Waals surface area (Å²) < 4.78 is 22.2. The first-order chi connectivity index (χ1) is 18.6. The fourth-order valence-electron chi connectivity index (χ4n) is 5.03. The number of halogens is 1. The molecule has 202 valence electrons. The molecule has 3 aromatic heterocycles. The van der Waals surface area contributed by atoms with Gasteiger partial charge in [-0.3, -0.25) is 14.3 Å². The monoisotopic (exact) mass is 531 g/mol. The number of nitrogens with zero attached hydrogens (tertiary/aromatic N) is 4. The van der Waals surface area contributed by atoms with Crippen LogP contribution in [0.15, 0.2) is 70.5 Å². The first kappa shape index (κ1) is 26.3. The number of pyridine rings is 2. The maximum absolute atomic E-state index is 14.2. The minimum Gasteiger partial charge on any atom is -0.444 e. The molecule has 3 heterocycles. The molecule has 39 heavy (non-hydrogen) atoms. The lowest BCUT2D eigenvalue weighted by Gasteiger charge is -2.31. The highest BCUT2D eigenvalue weighted by Gasteiger charge is 2.29. The minimum atomic E-state index is -0.663. The van der Waals surface area contributed by atoms with E-state index in [4.69, 9.17) is 4.74 Å². The van der Waals surface area contributed by atoms with Gasteiger partial charge in [0.1, 0.15) is 11.4 Å². The molecule has 0 spiro atoms. The fourth-order valence-corrected chi connectivity index (χ4v) is 5.03. The number of hydrogen-bond acceptors (Lipinski definition) is 6. The van der Waals surface area contributed by atoms with Gasteiger partial charge in [-0.1, -0.05) is 18.2 Å². The average Bonchev–Trinajstić information content (AvgIpc) is 2.90. The Morgan fingerprint density at radius 1 is 1.03 bits per heavy atom. The molecular formula is C29H30FN5O4. The van der Waals surface area contributed by atoms with Crippen LogP contribution in [-0.4, -0.2) is 36.8 Å². The molecule has 1 fully saturated rings. The van der Waals surface area contributed by atoms with Crippen LogP contribution in [0.1, 0.15) is 52.5 Å². The number of ether oxygens (including phenoxy) is 1. The first-order valence-corrected chi connectivity index (χ1v) is 12.9. The molecule has 0 aliphatic heterocycles. The van der Waals surface area contributed by atoms with Crippen molar-refractivity contribution in [2.24, 2.45) is 0 Å². The summed E-state index contributed by atoms with van der Waals surface area (Å²) in [4.78, 5) is 48.2. The van der Waals surface area contributed by atoms with Gasteiger partial charge in [0.15, 0.2) is 5.65 Å². The summed E-state index contributed by atoms with van der Waals surface area (Å²) in [6, 6.07) is 13.3. The van der Waals surface area contributed by atoms with Crippen molar-refractivity contribution in [3.05, 3.63) is 87.6 Å². The fraction of sp³-hybridized carbons (Fsp3) is 0.345. The molecule has 1 amide bonds. The number of amides is 1. The third-order valence-electron chi connectivity index (χ3n) is 6.74. The summed E-state index contributed by atoms with van der Waals surface area (Å²) in [7, 11) is 0. The quantitative estimate of drug-likeness (QED) is 0.407. The Bertz CT molecular complexity index is 1630. The van der Waals surface area contributed by atoms with E-state index >= 15 is 0 Å². The van der Waals surface area contributed by atoms with Gasteiger partial charge in [0.25, 0.3) is 5.56 Å². The normalized spacial score (nSPS) is 17.6. The Morgan fingerprint density at radius 3 is 2.49 bits per heavy atom. The zero-order valence-corrected chi connectivity index (χ0v) is 22.1. The number of hydrogen-bond donors (Lipinski definition) is 1. The largest absolute Gasteiger partial charge is 0.444 e. The Labute approximate surface area is 224 Å². The van der Waals surface area contributed by atoms with E-state index in [-0.39, 0.29) is 17.1 Å². The van der Waals surface area contributed by atoms with Crippen molar-refractivity contribution < 1.29 is 13.9 Å². The molecule has 0 unspecified atom stereocenters. The Hall–Kier alpha value is -4.34. The summed E-state index contributed by atoms with van der Waals surface area (Å²) in [6.07, 6.45) is 4.27. The van der Waals surface area contributed by atoms with Gasteiger partial charge in [-0.15, -0.1) is 0 Å². The topological polar surface area (TPSA) is 108 Å². The lowest BCUT2D eigenvalue weighted by Crippen LogP contribution is -2.45. The van der Waals surface area contributed by atoms with Crippen LogP contribution in [0.3, 0.4) is 0 Å². The van der Waals surface area contributed by atoms with Gasteiger partial charge >= 0.3 is 11.8 Å². The number of rotatable bonds is 4. The standard InChI is InChI=1S/C29H30FN5O4/c1-29(2,3)39-27(37)33-20-10-12-21(13-11-20)35-26(36)23-16-19(30)17-32-25(23)34(28(35)38)22-8-6-7-18(15-22)24-9-4-5-14-31-24/h4-9,14-17,20-21H,10-13H2,1-3H3,(H,33,37)/t20-,21+. The average molecular weight is 532 g/mol. The smallest absolute Gasteiger partial charge is 0.407 e. The van der Waals surface area contributed by atoms with Gasteiger partial charge in [-0.2, -0.15) is 0 Å². The Morgan fingerprint density at radius 2 is 1.79 bits per heavy atom. The molecule has 1 aromatic carbocycles. The Balaban J connectivity index is 1.53. The number of fused-ring (bicyclic) bond motifs is 1. The van der Waals surface area contributed by atoms with E-state index in [9.17, 15) is 18.8 Å². The molecular weight excluding hydrogens is 501 g/mol. The lowest BCUT2D eigenvalue weighted by atomic mass is 9.91. The van der Waals surface area contributed by atoms with Crippen molar-refractivity contribution >= 4 is 17.1 Å². The van der Waals surface area contributed by atoms with E-state index in [0.29, 0.717) is 31.4 Å². The van der Waals surface area contributed by atoms with E-state index in [0.717, 1.165) is 23.5 Å². The third-order valence-corrected chi connectivity index (χ3v) is 6.74. The Kier molecular flexibility index (Phi) is 7.03. The maximum Gasteiger partial charge on any atom is 0.407 e. The molecule has 9 nitrogen and oxygen atoms in total. The van der Waals surface area contributed by atoms with Crippen molar-refractivity contribution in [2.45, 2.75) is 64.1 Å². The number of nitrogens with one attached hydrogen (secondary N) is 1. The van der Waals surface area contributed by atoms with Crippen molar-refractivity contribution in [3.63, 3.8) is 0 Å². The highest BCUT2D eigenvalue weighted by Crippen LogP contribution is 2.28. The van der Waals surface area contributed by atoms with E-state index in [1.54, 1.807) is 45.2 Å². The van der Waals surface area contributed by atoms with Crippen molar-refractivity contribution in [1.82, 2.24) is 24.4 Å². The number of aromatic nitrogens is 4. The zero-order chi connectivity index (χ0) is 27.7. The number of alkyl carbamates (subject to hydrolysis) is 1.